The largest absolute Gasteiger partial charge is 0.486 e. The van der Waals surface area contributed by atoms with E-state index in [-0.39, 0.29) is 0 Å². The van der Waals surface area contributed by atoms with Gasteiger partial charge in [0.2, 0.25) is 0 Å². The molecule has 0 aliphatic carbocycles. The predicted molar refractivity (Wildman–Crippen MR) is 40.5 cm³/mol. The first-order valence-corrected chi connectivity index (χ1v) is 3.52. The fourth-order valence-electron chi connectivity index (χ4n) is 0.775. The molecular formula is C8H9F2NO. The van der Waals surface area contributed by atoms with E-state index >= 15 is 0 Å². The van der Waals surface area contributed by atoms with Gasteiger partial charge in [-0.15, -0.1) is 0 Å². The van der Waals surface area contributed by atoms with E-state index in [1.165, 1.54) is 0 Å². The van der Waals surface area contributed by atoms with Crippen LogP contribution in [0.5, 0.6) is 5.75 Å². The Hall–Kier alpha value is -1.19. The Kier molecular flexibility index (Phi) is 2.96. The molecule has 66 valence electrons. The molecule has 0 N–H and O–H groups in total. The number of nitrogens with zero attached hydrogens (tertiary/aromatic N) is 1. The number of rotatable bonds is 3. The van der Waals surface area contributed by atoms with Crippen molar-refractivity contribution in [1.29, 1.82) is 0 Å². The van der Waals surface area contributed by atoms with Crippen LogP contribution in [-0.2, 0) is 0 Å². The number of aryl methyl sites for hydroxylation is 1. The Morgan fingerprint density at radius 2 is 2.33 bits per heavy atom. The predicted octanol–water partition coefficient (Wildman–Crippen LogP) is 2.03. The highest BCUT2D eigenvalue weighted by Crippen LogP contribution is 2.13. The third-order valence-corrected chi connectivity index (χ3v) is 1.32. The molecule has 0 unspecified atom stereocenters. The van der Waals surface area contributed by atoms with Gasteiger partial charge < -0.3 is 4.74 Å². The van der Waals surface area contributed by atoms with Crippen LogP contribution in [0, 0.1) is 6.92 Å². The minimum atomic E-state index is -2.44. The molecule has 1 heterocycles. The number of pyridine rings is 1. The summed E-state index contributed by atoms with van der Waals surface area (Å²) in [5, 5.41) is 0. The monoisotopic (exact) mass is 173 g/mol. The van der Waals surface area contributed by atoms with Crippen LogP contribution in [0.25, 0.3) is 0 Å². The average Bonchev–Trinajstić information content (AvgIpc) is 2.03. The van der Waals surface area contributed by atoms with Gasteiger partial charge in [0.15, 0.2) is 0 Å². The fourth-order valence-corrected chi connectivity index (χ4v) is 0.775. The van der Waals surface area contributed by atoms with Gasteiger partial charge in [-0.25, -0.2) is 8.78 Å². The Morgan fingerprint density at radius 1 is 1.58 bits per heavy atom. The number of hydrogen-bond donors (Lipinski definition) is 0. The molecule has 0 aromatic carbocycles. The molecular weight excluding hydrogens is 164 g/mol. The van der Waals surface area contributed by atoms with Crippen LogP contribution in [0.4, 0.5) is 8.78 Å². The van der Waals surface area contributed by atoms with E-state index in [0.717, 1.165) is 0 Å². The zero-order valence-corrected chi connectivity index (χ0v) is 6.63. The lowest BCUT2D eigenvalue weighted by molar-refractivity contribution is 0.0813. The number of ether oxygens (including phenoxy) is 1. The van der Waals surface area contributed by atoms with Gasteiger partial charge in [-0.05, 0) is 19.1 Å². The summed E-state index contributed by atoms with van der Waals surface area (Å²) in [4.78, 5) is 3.89. The van der Waals surface area contributed by atoms with Gasteiger partial charge in [-0.1, -0.05) is 0 Å². The summed E-state index contributed by atoms with van der Waals surface area (Å²) in [7, 11) is 0. The highest BCUT2D eigenvalue weighted by molar-refractivity contribution is 5.25. The average molecular weight is 173 g/mol. The van der Waals surface area contributed by atoms with Gasteiger partial charge in [0.1, 0.15) is 12.4 Å². The zero-order valence-electron chi connectivity index (χ0n) is 6.63. The highest BCUT2D eigenvalue weighted by atomic mass is 19.3. The summed E-state index contributed by atoms with van der Waals surface area (Å²) < 4.78 is 28.2. The summed E-state index contributed by atoms with van der Waals surface area (Å²) >= 11 is 0. The maximum absolute atomic E-state index is 11.7. The maximum Gasteiger partial charge on any atom is 0.272 e. The number of hydrogen-bond acceptors (Lipinski definition) is 2. The number of aromatic nitrogens is 1. The Balaban J connectivity index is 2.57. The van der Waals surface area contributed by atoms with Crippen LogP contribution in [0.2, 0.25) is 0 Å². The molecule has 0 atom stereocenters. The van der Waals surface area contributed by atoms with E-state index in [4.69, 9.17) is 4.74 Å². The SMILES string of the molecule is Cc1ncccc1OCC(F)F. The molecule has 4 heteroatoms. The van der Waals surface area contributed by atoms with E-state index in [1.807, 2.05) is 0 Å². The van der Waals surface area contributed by atoms with Crippen molar-refractivity contribution in [2.75, 3.05) is 6.61 Å². The molecule has 2 nitrogen and oxygen atoms in total. The molecule has 12 heavy (non-hydrogen) atoms. The highest BCUT2D eigenvalue weighted by Gasteiger charge is 2.04. The molecule has 0 saturated heterocycles. The Morgan fingerprint density at radius 3 is 2.92 bits per heavy atom. The topological polar surface area (TPSA) is 22.1 Å². The molecule has 1 rings (SSSR count). The molecule has 0 bridgehead atoms. The van der Waals surface area contributed by atoms with Crippen LogP contribution in [-0.4, -0.2) is 18.0 Å². The van der Waals surface area contributed by atoms with Crippen molar-refractivity contribution in [1.82, 2.24) is 4.98 Å². The van der Waals surface area contributed by atoms with E-state index in [2.05, 4.69) is 4.98 Å². The molecule has 1 aromatic heterocycles. The summed E-state index contributed by atoms with van der Waals surface area (Å²) in [5.41, 5.74) is 0.623. The van der Waals surface area contributed by atoms with Crippen LogP contribution in [0.3, 0.4) is 0 Å². The second-order valence-electron chi connectivity index (χ2n) is 2.29. The first-order chi connectivity index (χ1) is 5.70. The number of halogens is 2. The first kappa shape index (κ1) is 8.90. The van der Waals surface area contributed by atoms with E-state index in [1.54, 1.807) is 25.3 Å². The molecule has 0 aliphatic heterocycles. The first-order valence-electron chi connectivity index (χ1n) is 3.52. The van der Waals surface area contributed by atoms with Gasteiger partial charge in [0.25, 0.3) is 6.43 Å². The van der Waals surface area contributed by atoms with Crippen LogP contribution in [0.1, 0.15) is 5.69 Å². The van der Waals surface area contributed by atoms with E-state index < -0.39 is 13.0 Å². The van der Waals surface area contributed by atoms with Gasteiger partial charge >= 0.3 is 0 Å². The zero-order chi connectivity index (χ0) is 8.97. The fraction of sp³-hybridized carbons (Fsp3) is 0.375. The van der Waals surface area contributed by atoms with Crippen molar-refractivity contribution in [2.24, 2.45) is 0 Å². The molecule has 0 saturated carbocycles. The smallest absolute Gasteiger partial charge is 0.272 e. The molecule has 0 fully saturated rings. The van der Waals surface area contributed by atoms with E-state index in [0.29, 0.717) is 11.4 Å². The minimum absolute atomic E-state index is 0.415. The van der Waals surface area contributed by atoms with Crippen LogP contribution in [0.15, 0.2) is 18.3 Å². The third-order valence-electron chi connectivity index (χ3n) is 1.32. The number of alkyl halides is 2. The molecule has 0 spiro atoms. The maximum atomic E-state index is 11.7. The lowest BCUT2D eigenvalue weighted by atomic mass is 10.3. The quantitative estimate of drug-likeness (QED) is 0.697. The van der Waals surface area contributed by atoms with Crippen LogP contribution < -0.4 is 4.74 Å². The Bertz CT molecular complexity index is 253. The van der Waals surface area contributed by atoms with Crippen LogP contribution >= 0.6 is 0 Å². The molecule has 1 aromatic rings. The standard InChI is InChI=1S/C8H9F2NO/c1-6-7(3-2-4-11-6)12-5-8(9)10/h2-4,8H,5H2,1H3. The van der Waals surface area contributed by atoms with Crippen molar-refractivity contribution in [3.63, 3.8) is 0 Å². The van der Waals surface area contributed by atoms with E-state index in [9.17, 15) is 8.78 Å². The van der Waals surface area contributed by atoms with Crippen molar-refractivity contribution in [2.45, 2.75) is 13.3 Å². The van der Waals surface area contributed by atoms with Gasteiger partial charge in [-0.2, -0.15) is 0 Å². The van der Waals surface area contributed by atoms with Crippen molar-refractivity contribution >= 4 is 0 Å². The minimum Gasteiger partial charge on any atom is -0.486 e. The van der Waals surface area contributed by atoms with Crippen molar-refractivity contribution in [3.05, 3.63) is 24.0 Å². The summed E-state index contributed by atoms with van der Waals surface area (Å²) in [6.07, 6.45) is -0.852. The van der Waals surface area contributed by atoms with Crippen molar-refractivity contribution < 1.29 is 13.5 Å². The lowest BCUT2D eigenvalue weighted by Crippen LogP contribution is -2.07. The van der Waals surface area contributed by atoms with Gasteiger partial charge in [0.05, 0.1) is 5.69 Å². The molecule has 0 radical (unpaired) electrons. The summed E-state index contributed by atoms with van der Waals surface area (Å²) in [5.74, 6) is 0.415. The second kappa shape index (κ2) is 3.99. The second-order valence-corrected chi connectivity index (χ2v) is 2.29. The van der Waals surface area contributed by atoms with Gasteiger partial charge in [-0.3, -0.25) is 4.98 Å². The van der Waals surface area contributed by atoms with Crippen molar-refractivity contribution in [3.8, 4) is 5.75 Å². The molecule has 0 amide bonds. The molecule has 0 aliphatic rings. The Labute approximate surface area is 69.2 Å². The lowest BCUT2D eigenvalue weighted by Gasteiger charge is -2.06. The summed E-state index contributed by atoms with van der Waals surface area (Å²) in [6.45, 7) is 1.13. The third kappa shape index (κ3) is 2.45. The summed E-state index contributed by atoms with van der Waals surface area (Å²) in [6, 6.07) is 3.26. The van der Waals surface area contributed by atoms with Gasteiger partial charge in [0, 0.05) is 6.20 Å². The normalized spacial score (nSPS) is 10.3.